The molecule has 0 saturated carbocycles. The minimum absolute atomic E-state index is 0.0164. The number of hydrogen-bond donors (Lipinski definition) is 0. The number of nitrogens with zero attached hydrogens (tertiary/aromatic N) is 3. The number of aryl methyl sites for hydroxylation is 2. The van der Waals surface area contributed by atoms with Crippen molar-refractivity contribution >= 4 is 22.8 Å². The lowest BCUT2D eigenvalue weighted by molar-refractivity contribution is -0.153. The summed E-state index contributed by atoms with van der Waals surface area (Å²) < 4.78 is 6.69. The molecule has 0 aliphatic rings. The molecular weight excluding hydrogens is 406 g/mol. The molecule has 168 valence electrons. The fourth-order valence-corrected chi connectivity index (χ4v) is 3.53. The monoisotopic (exact) mass is 435 g/mol. The number of fused-ring (bicyclic) bond motifs is 1. The summed E-state index contributed by atoms with van der Waals surface area (Å²) in [5.74, 6) is -0.693. The van der Waals surface area contributed by atoms with Gasteiger partial charge in [-0.1, -0.05) is 42.5 Å². The summed E-state index contributed by atoms with van der Waals surface area (Å²) in [5, 5.41) is 0.563. The molecule has 3 rings (SSSR count). The summed E-state index contributed by atoms with van der Waals surface area (Å²) in [7, 11) is 0. The number of rotatable bonds is 9. The average Bonchev–Trinajstić information content (AvgIpc) is 2.78. The van der Waals surface area contributed by atoms with Crippen LogP contribution in [0, 0.1) is 6.92 Å². The van der Waals surface area contributed by atoms with Crippen LogP contribution >= 0.6 is 0 Å². The van der Waals surface area contributed by atoms with Crippen LogP contribution in [0.25, 0.3) is 10.9 Å². The zero-order chi connectivity index (χ0) is 23.1. The van der Waals surface area contributed by atoms with Crippen LogP contribution in [0.3, 0.4) is 0 Å². The van der Waals surface area contributed by atoms with Crippen LogP contribution in [0.5, 0.6) is 0 Å². The van der Waals surface area contributed by atoms with Crippen LogP contribution in [0.2, 0.25) is 0 Å². The number of esters is 1. The van der Waals surface area contributed by atoms with E-state index in [1.54, 1.807) is 11.0 Å². The molecule has 0 fully saturated rings. The predicted molar refractivity (Wildman–Crippen MR) is 123 cm³/mol. The molecule has 0 N–H and O–H groups in total. The quantitative estimate of drug-likeness (QED) is 0.481. The summed E-state index contributed by atoms with van der Waals surface area (Å²) in [5.41, 5.74) is 2.53. The Balaban J connectivity index is 1.49. The van der Waals surface area contributed by atoms with Crippen molar-refractivity contribution in [2.45, 2.75) is 52.7 Å². The highest BCUT2D eigenvalue weighted by Crippen LogP contribution is 2.12. The Morgan fingerprint density at radius 1 is 1.09 bits per heavy atom. The van der Waals surface area contributed by atoms with Crippen molar-refractivity contribution in [3.8, 4) is 0 Å². The van der Waals surface area contributed by atoms with Gasteiger partial charge < -0.3 is 9.64 Å². The highest BCUT2D eigenvalue weighted by atomic mass is 16.5. The second kappa shape index (κ2) is 10.7. The lowest BCUT2D eigenvalue weighted by Crippen LogP contribution is -2.39. The lowest BCUT2D eigenvalue weighted by Gasteiger charge is -2.26. The number of aromatic nitrogens is 2. The maximum absolute atomic E-state index is 12.6. The Morgan fingerprint density at radius 2 is 1.84 bits per heavy atom. The van der Waals surface area contributed by atoms with E-state index in [0.717, 1.165) is 11.1 Å². The smallest absolute Gasteiger partial charge is 0.306 e. The molecule has 1 heterocycles. The maximum atomic E-state index is 12.6. The Kier molecular flexibility index (Phi) is 7.76. The molecule has 2 aromatic carbocycles. The molecule has 0 saturated heterocycles. The fraction of sp³-hybridized carbons (Fsp3) is 0.360. The van der Waals surface area contributed by atoms with Gasteiger partial charge in [-0.2, -0.15) is 0 Å². The van der Waals surface area contributed by atoms with Gasteiger partial charge in [-0.3, -0.25) is 19.0 Å². The first-order chi connectivity index (χ1) is 15.4. The minimum atomic E-state index is -0.459. The third kappa shape index (κ3) is 5.81. The van der Waals surface area contributed by atoms with Gasteiger partial charge in [0.25, 0.3) is 11.5 Å². The number of para-hydroxylation sites is 1. The molecule has 0 spiro atoms. The molecule has 7 heteroatoms. The number of amides is 1. The lowest BCUT2D eigenvalue weighted by atomic mass is 10.1. The predicted octanol–water partition coefficient (Wildman–Crippen LogP) is 3.47. The number of benzene rings is 2. The van der Waals surface area contributed by atoms with Crippen molar-refractivity contribution in [2.75, 3.05) is 6.61 Å². The minimum Gasteiger partial charge on any atom is -0.456 e. The number of ether oxygens (including phenoxy) is 1. The first-order valence-electron chi connectivity index (χ1n) is 10.8. The molecule has 1 amide bonds. The highest BCUT2D eigenvalue weighted by Gasteiger charge is 2.19. The molecule has 7 nitrogen and oxygen atoms in total. The fourth-order valence-electron chi connectivity index (χ4n) is 3.53. The van der Waals surface area contributed by atoms with Gasteiger partial charge in [0.1, 0.15) is 0 Å². The second-order valence-corrected chi connectivity index (χ2v) is 8.08. The van der Waals surface area contributed by atoms with E-state index in [2.05, 4.69) is 4.98 Å². The van der Waals surface area contributed by atoms with E-state index in [0.29, 0.717) is 30.4 Å². The summed E-state index contributed by atoms with van der Waals surface area (Å²) in [6, 6.07) is 15.2. The molecule has 0 aliphatic heterocycles. The third-order valence-electron chi connectivity index (χ3n) is 5.33. The van der Waals surface area contributed by atoms with E-state index in [4.69, 9.17) is 4.74 Å². The van der Waals surface area contributed by atoms with E-state index in [-0.39, 0.29) is 30.5 Å². The Labute approximate surface area is 187 Å². The summed E-state index contributed by atoms with van der Waals surface area (Å²) in [6.07, 6.45) is 2.05. The van der Waals surface area contributed by atoms with Gasteiger partial charge in [0.15, 0.2) is 6.61 Å². The van der Waals surface area contributed by atoms with Crippen molar-refractivity contribution in [1.82, 2.24) is 14.5 Å². The number of carbonyl (C=O) groups excluding carboxylic acids is 2. The van der Waals surface area contributed by atoms with Crippen molar-refractivity contribution in [2.24, 2.45) is 0 Å². The van der Waals surface area contributed by atoms with Gasteiger partial charge in [-0.15, -0.1) is 0 Å². The summed E-state index contributed by atoms with van der Waals surface area (Å²) in [6.45, 7) is 6.30. The largest absolute Gasteiger partial charge is 0.456 e. The molecule has 0 unspecified atom stereocenters. The van der Waals surface area contributed by atoms with Gasteiger partial charge in [0.2, 0.25) is 0 Å². The molecule has 0 radical (unpaired) electrons. The third-order valence-corrected chi connectivity index (χ3v) is 5.33. The van der Waals surface area contributed by atoms with E-state index >= 15 is 0 Å². The molecule has 0 aliphatic carbocycles. The van der Waals surface area contributed by atoms with Gasteiger partial charge in [0.05, 0.1) is 17.2 Å². The van der Waals surface area contributed by atoms with Crippen LogP contribution in [-0.4, -0.2) is 39.0 Å². The summed E-state index contributed by atoms with van der Waals surface area (Å²) >= 11 is 0. The van der Waals surface area contributed by atoms with Crippen LogP contribution in [-0.2, 0) is 27.4 Å². The van der Waals surface area contributed by atoms with Crippen molar-refractivity contribution in [1.29, 1.82) is 0 Å². The van der Waals surface area contributed by atoms with Crippen molar-refractivity contribution in [3.05, 3.63) is 76.3 Å². The topological polar surface area (TPSA) is 81.5 Å². The molecular formula is C25H29N3O4. The molecule has 1 aromatic heterocycles. The maximum Gasteiger partial charge on any atom is 0.306 e. The second-order valence-electron chi connectivity index (χ2n) is 8.08. The van der Waals surface area contributed by atoms with E-state index in [1.807, 2.05) is 63.2 Å². The van der Waals surface area contributed by atoms with Crippen molar-refractivity contribution < 1.29 is 14.3 Å². The van der Waals surface area contributed by atoms with E-state index < -0.39 is 5.97 Å². The Bertz CT molecular complexity index is 1140. The highest BCUT2D eigenvalue weighted by molar-refractivity contribution is 5.81. The number of carbonyl (C=O) groups is 2. The number of hydrogen-bond acceptors (Lipinski definition) is 5. The first-order valence-corrected chi connectivity index (χ1v) is 10.8. The van der Waals surface area contributed by atoms with E-state index in [1.165, 1.54) is 10.9 Å². The molecule has 0 atom stereocenters. The zero-order valence-electron chi connectivity index (χ0n) is 18.8. The average molecular weight is 436 g/mol. The summed E-state index contributed by atoms with van der Waals surface area (Å²) in [4.78, 5) is 43.4. The Hall–Kier alpha value is -3.48. The van der Waals surface area contributed by atoms with Gasteiger partial charge >= 0.3 is 5.97 Å². The molecule has 32 heavy (non-hydrogen) atoms. The SMILES string of the molecule is Cc1cccc2c(=O)n(CCCC(=O)OCC(=O)N(Cc3ccccc3)C(C)C)cnc12. The first kappa shape index (κ1) is 23.2. The standard InChI is InChI=1S/C25H29N3O4/c1-18(2)28(15-20-10-5-4-6-11-20)22(29)16-32-23(30)13-8-14-27-17-26-24-19(3)9-7-12-21(24)25(27)31/h4-7,9-12,17-18H,8,13-16H2,1-3H3. The molecule has 0 bridgehead atoms. The van der Waals surface area contributed by atoms with Crippen LogP contribution < -0.4 is 5.56 Å². The zero-order valence-corrected chi connectivity index (χ0v) is 18.8. The van der Waals surface area contributed by atoms with Gasteiger partial charge in [0, 0.05) is 25.6 Å². The van der Waals surface area contributed by atoms with Crippen molar-refractivity contribution in [3.63, 3.8) is 0 Å². The van der Waals surface area contributed by atoms with Gasteiger partial charge in [-0.05, 0) is 44.4 Å². The van der Waals surface area contributed by atoms with Crippen LogP contribution in [0.4, 0.5) is 0 Å². The Morgan fingerprint density at radius 3 is 2.56 bits per heavy atom. The van der Waals surface area contributed by atoms with E-state index in [9.17, 15) is 14.4 Å². The van der Waals surface area contributed by atoms with Crippen LogP contribution in [0.15, 0.2) is 59.7 Å². The normalized spacial score (nSPS) is 11.0. The molecule has 3 aromatic rings. The van der Waals surface area contributed by atoms with Gasteiger partial charge in [-0.25, -0.2) is 4.98 Å². The van der Waals surface area contributed by atoms with Crippen LogP contribution in [0.1, 0.15) is 37.8 Å².